The van der Waals surface area contributed by atoms with Crippen molar-refractivity contribution in [3.05, 3.63) is 94.8 Å². The van der Waals surface area contributed by atoms with Crippen molar-refractivity contribution in [2.75, 3.05) is 6.61 Å². The van der Waals surface area contributed by atoms with Gasteiger partial charge in [0, 0.05) is 11.1 Å². The van der Waals surface area contributed by atoms with Gasteiger partial charge in [-0.3, -0.25) is 4.79 Å². The molecule has 0 heterocycles. The van der Waals surface area contributed by atoms with Crippen LogP contribution in [-0.4, -0.2) is 22.8 Å². The smallest absolute Gasteiger partial charge is 0.311 e. The van der Waals surface area contributed by atoms with Gasteiger partial charge in [-0.1, -0.05) is 78.9 Å². The summed E-state index contributed by atoms with van der Waals surface area (Å²) in [7, 11) is 0. The van der Waals surface area contributed by atoms with Crippen LogP contribution in [0.15, 0.2) is 66.7 Å². The van der Waals surface area contributed by atoms with E-state index in [1.54, 1.807) is 25.1 Å². The van der Waals surface area contributed by atoms with Gasteiger partial charge < -0.3 is 10.2 Å². The van der Waals surface area contributed by atoms with Crippen molar-refractivity contribution in [2.45, 2.75) is 26.7 Å². The molecule has 0 aliphatic carbocycles. The topological polar surface area (TPSA) is 57.5 Å². The highest BCUT2D eigenvalue weighted by atomic mass is 19.1. The van der Waals surface area contributed by atoms with E-state index in [9.17, 15) is 15.0 Å². The number of aliphatic hydroxyl groups excluding tert-OH is 1. The Morgan fingerprint density at radius 3 is 2.39 bits per heavy atom. The van der Waals surface area contributed by atoms with Crippen LogP contribution in [0.1, 0.15) is 35.6 Å². The van der Waals surface area contributed by atoms with Gasteiger partial charge in [0.2, 0.25) is 0 Å². The van der Waals surface area contributed by atoms with Gasteiger partial charge in [-0.15, -0.1) is 0 Å². The molecular weight excluding hydrogens is 391 g/mol. The number of benzene rings is 3. The molecule has 0 aliphatic heterocycles. The molecule has 3 rings (SSSR count). The molecule has 0 bridgehead atoms. The molecule has 0 fully saturated rings. The molecule has 0 radical (unpaired) electrons. The van der Waals surface area contributed by atoms with Gasteiger partial charge in [0.15, 0.2) is 0 Å². The predicted molar refractivity (Wildman–Crippen MR) is 123 cm³/mol. The van der Waals surface area contributed by atoms with Crippen LogP contribution in [0.4, 0.5) is 4.39 Å². The van der Waals surface area contributed by atoms with Crippen molar-refractivity contribution >= 4 is 18.1 Å². The fraction of sp³-hybridized carbons (Fsp3) is 0.222. The van der Waals surface area contributed by atoms with Crippen molar-refractivity contribution in [3.8, 4) is 11.1 Å². The molecule has 0 aliphatic rings. The molecule has 31 heavy (non-hydrogen) atoms. The number of aliphatic carboxylic acids is 1. The van der Waals surface area contributed by atoms with Gasteiger partial charge in [-0.05, 0) is 48.9 Å². The first-order valence-electron chi connectivity index (χ1n) is 10.3. The minimum Gasteiger partial charge on any atom is -0.481 e. The van der Waals surface area contributed by atoms with E-state index in [1.807, 2.05) is 67.6 Å². The zero-order valence-corrected chi connectivity index (χ0v) is 17.8. The zero-order chi connectivity index (χ0) is 22.4. The summed E-state index contributed by atoms with van der Waals surface area (Å²) in [5, 5.41) is 18.8. The quantitative estimate of drug-likeness (QED) is 0.442. The number of hydrogen-bond acceptors (Lipinski definition) is 2. The van der Waals surface area contributed by atoms with Gasteiger partial charge in [-0.25, -0.2) is 4.39 Å². The Morgan fingerprint density at radius 1 is 1.00 bits per heavy atom. The third-order valence-corrected chi connectivity index (χ3v) is 5.73. The Bertz CT molecular complexity index is 1090. The molecule has 0 saturated heterocycles. The number of aryl methyl sites for hydroxylation is 2. The van der Waals surface area contributed by atoms with Crippen molar-refractivity contribution in [1.82, 2.24) is 0 Å². The second-order valence-corrected chi connectivity index (χ2v) is 8.12. The number of hydrogen-bond donors (Lipinski definition) is 2. The highest BCUT2D eigenvalue weighted by Crippen LogP contribution is 2.27. The van der Waals surface area contributed by atoms with Crippen molar-refractivity contribution < 1.29 is 19.4 Å². The Morgan fingerprint density at radius 2 is 1.71 bits per heavy atom. The molecule has 160 valence electrons. The lowest BCUT2D eigenvalue weighted by Gasteiger charge is -2.21. The van der Waals surface area contributed by atoms with Crippen molar-refractivity contribution in [3.63, 3.8) is 0 Å². The summed E-state index contributed by atoms with van der Waals surface area (Å²) < 4.78 is 15.1. The Balaban J connectivity index is 1.83. The van der Waals surface area contributed by atoms with Gasteiger partial charge in [0.25, 0.3) is 0 Å². The monoisotopic (exact) mass is 418 g/mol. The van der Waals surface area contributed by atoms with E-state index >= 15 is 4.39 Å². The molecule has 2 N–H and O–H groups in total. The summed E-state index contributed by atoms with van der Waals surface area (Å²) in [5.41, 5.74) is 3.70. The third-order valence-electron chi connectivity index (χ3n) is 5.73. The molecular formula is C27H27FO3. The van der Waals surface area contributed by atoms with E-state index < -0.39 is 18.0 Å². The van der Waals surface area contributed by atoms with E-state index in [-0.39, 0.29) is 5.82 Å². The lowest BCUT2D eigenvalue weighted by Crippen LogP contribution is -2.32. The van der Waals surface area contributed by atoms with Gasteiger partial charge in [0.1, 0.15) is 5.82 Å². The van der Waals surface area contributed by atoms with Crippen LogP contribution in [0.25, 0.3) is 23.3 Å². The van der Waals surface area contributed by atoms with Gasteiger partial charge in [0.05, 0.1) is 12.0 Å². The van der Waals surface area contributed by atoms with Gasteiger partial charge in [-0.2, -0.15) is 0 Å². The minimum absolute atomic E-state index is 0.265. The summed E-state index contributed by atoms with van der Waals surface area (Å²) in [5.74, 6) is -1.27. The van der Waals surface area contributed by atoms with E-state index in [4.69, 9.17) is 0 Å². The van der Waals surface area contributed by atoms with Crippen LogP contribution >= 0.6 is 0 Å². The number of rotatable bonds is 8. The average Bonchev–Trinajstić information content (AvgIpc) is 2.78. The Labute approximate surface area is 182 Å². The number of aliphatic hydroxyl groups is 1. The van der Waals surface area contributed by atoms with E-state index in [2.05, 4.69) is 0 Å². The number of halogens is 1. The molecule has 3 nitrogen and oxygen atoms in total. The lowest BCUT2D eigenvalue weighted by molar-refractivity contribution is -0.150. The average molecular weight is 419 g/mol. The maximum Gasteiger partial charge on any atom is 0.311 e. The summed E-state index contributed by atoms with van der Waals surface area (Å²) >= 11 is 0. The summed E-state index contributed by atoms with van der Waals surface area (Å²) in [6, 6.07) is 20.7. The molecule has 0 unspecified atom stereocenters. The number of carboxylic acid groups (broad SMARTS) is 1. The van der Waals surface area contributed by atoms with Crippen LogP contribution in [0.2, 0.25) is 0 Å². The van der Waals surface area contributed by atoms with E-state index in [0.717, 1.165) is 22.3 Å². The SMILES string of the molecule is Cc1ccc(CC[C@@](C)(CO)C(=O)O)cc1/C=C/c1cccc(-c2ccccc2)c1F. The molecule has 0 saturated carbocycles. The largest absolute Gasteiger partial charge is 0.481 e. The first kappa shape index (κ1) is 22.4. The zero-order valence-electron chi connectivity index (χ0n) is 17.8. The van der Waals surface area contributed by atoms with Crippen LogP contribution in [0.5, 0.6) is 0 Å². The summed E-state index contributed by atoms with van der Waals surface area (Å²) in [6.45, 7) is 3.13. The predicted octanol–water partition coefficient (Wildman–Crippen LogP) is 5.99. The fourth-order valence-electron chi connectivity index (χ4n) is 3.40. The van der Waals surface area contributed by atoms with E-state index in [1.165, 1.54) is 0 Å². The van der Waals surface area contributed by atoms with Crippen LogP contribution in [0.3, 0.4) is 0 Å². The fourth-order valence-corrected chi connectivity index (χ4v) is 3.40. The molecule has 0 amide bonds. The van der Waals surface area contributed by atoms with Crippen LogP contribution < -0.4 is 0 Å². The molecule has 0 aromatic heterocycles. The first-order chi connectivity index (χ1) is 14.8. The van der Waals surface area contributed by atoms with Gasteiger partial charge >= 0.3 is 5.97 Å². The van der Waals surface area contributed by atoms with Crippen LogP contribution in [-0.2, 0) is 11.2 Å². The van der Waals surface area contributed by atoms with E-state index in [0.29, 0.717) is 24.0 Å². The normalized spacial score (nSPS) is 13.3. The Hall–Kier alpha value is -3.24. The number of carbonyl (C=O) groups is 1. The standard InChI is InChI=1S/C27H27FO3/c1-19-11-12-20(15-16-27(2,18-29)26(30)31)17-23(19)14-13-22-9-6-10-24(25(22)28)21-7-4-3-5-8-21/h3-14,17,29H,15-16,18H2,1-2H3,(H,30,31)/b14-13+/t27-/m0/s1. The molecule has 4 heteroatoms. The van der Waals surface area contributed by atoms with Crippen molar-refractivity contribution in [1.29, 1.82) is 0 Å². The highest BCUT2D eigenvalue weighted by Gasteiger charge is 2.31. The highest BCUT2D eigenvalue weighted by molar-refractivity contribution is 5.76. The molecule has 0 spiro atoms. The summed E-state index contributed by atoms with van der Waals surface area (Å²) in [6.07, 6.45) is 4.51. The second-order valence-electron chi connectivity index (χ2n) is 8.12. The lowest BCUT2D eigenvalue weighted by atomic mass is 9.84. The maximum atomic E-state index is 15.1. The summed E-state index contributed by atoms with van der Waals surface area (Å²) in [4.78, 5) is 11.4. The van der Waals surface area contributed by atoms with Crippen LogP contribution in [0, 0.1) is 18.2 Å². The Kier molecular flexibility index (Phi) is 7.03. The third kappa shape index (κ3) is 5.28. The maximum absolute atomic E-state index is 15.1. The minimum atomic E-state index is -1.16. The first-order valence-corrected chi connectivity index (χ1v) is 10.3. The second kappa shape index (κ2) is 9.71. The molecule has 1 atom stereocenters. The molecule has 3 aromatic carbocycles. The van der Waals surface area contributed by atoms with Crippen molar-refractivity contribution in [2.24, 2.45) is 5.41 Å². The molecule has 3 aromatic rings. The number of carboxylic acids is 1.